The molecule has 2 aromatic rings. The molecule has 0 aliphatic heterocycles. The first-order valence-corrected chi connectivity index (χ1v) is 9.89. The Morgan fingerprint density at radius 1 is 1.04 bits per heavy atom. The molecule has 25 heavy (non-hydrogen) atoms. The first kappa shape index (κ1) is 19.3. The van der Waals surface area contributed by atoms with Gasteiger partial charge in [-0.2, -0.15) is 0 Å². The lowest BCUT2D eigenvalue weighted by Gasteiger charge is -2.09. The van der Waals surface area contributed by atoms with Crippen molar-refractivity contribution in [3.63, 3.8) is 0 Å². The van der Waals surface area contributed by atoms with Crippen LogP contribution in [0.1, 0.15) is 25.3 Å². The average molecular weight is 363 g/mol. The number of sulfonamides is 1. The van der Waals surface area contributed by atoms with Gasteiger partial charge in [-0.3, -0.25) is 0 Å². The van der Waals surface area contributed by atoms with Crippen molar-refractivity contribution < 1.29 is 17.9 Å². The zero-order valence-electron chi connectivity index (χ0n) is 14.7. The van der Waals surface area contributed by atoms with Crippen molar-refractivity contribution in [2.24, 2.45) is 0 Å². The van der Waals surface area contributed by atoms with Gasteiger partial charge >= 0.3 is 0 Å². The molecule has 6 heteroatoms. The number of hydrogen-bond donors (Lipinski definition) is 1. The highest BCUT2D eigenvalue weighted by atomic mass is 32.2. The second kappa shape index (κ2) is 9.44. The Morgan fingerprint density at radius 2 is 1.80 bits per heavy atom. The van der Waals surface area contributed by atoms with Gasteiger partial charge in [0.2, 0.25) is 10.0 Å². The second-order valence-corrected chi connectivity index (χ2v) is 7.44. The molecule has 2 aromatic carbocycles. The average Bonchev–Trinajstić information content (AvgIpc) is 2.62. The Balaban J connectivity index is 1.90. The van der Waals surface area contributed by atoms with E-state index in [4.69, 9.17) is 9.47 Å². The zero-order valence-corrected chi connectivity index (χ0v) is 15.5. The number of hydrogen-bond acceptors (Lipinski definition) is 4. The molecule has 136 valence electrons. The predicted octanol–water partition coefficient (Wildman–Crippen LogP) is 3.40. The summed E-state index contributed by atoms with van der Waals surface area (Å²) in [7, 11) is -1.92. The molecule has 0 radical (unpaired) electrons. The largest absolute Gasteiger partial charge is 0.497 e. The monoisotopic (exact) mass is 363 g/mol. The third kappa shape index (κ3) is 6.07. The SMILES string of the molecule is CCCCOc1ccc(S(=O)(=O)NCCc2cccc(OC)c2)cc1. The van der Waals surface area contributed by atoms with E-state index in [-0.39, 0.29) is 4.90 Å². The Kier molecular flexibility index (Phi) is 7.28. The van der Waals surface area contributed by atoms with E-state index in [1.54, 1.807) is 31.4 Å². The smallest absolute Gasteiger partial charge is 0.240 e. The summed E-state index contributed by atoms with van der Waals surface area (Å²) in [5.74, 6) is 1.45. The molecule has 0 bridgehead atoms. The zero-order chi connectivity index (χ0) is 18.1. The molecule has 0 aliphatic rings. The van der Waals surface area contributed by atoms with E-state index in [2.05, 4.69) is 11.6 Å². The van der Waals surface area contributed by atoms with Crippen LogP contribution in [0.15, 0.2) is 53.4 Å². The number of ether oxygens (including phenoxy) is 2. The van der Waals surface area contributed by atoms with E-state index in [0.717, 1.165) is 24.2 Å². The third-order valence-electron chi connectivity index (χ3n) is 3.74. The molecule has 0 fully saturated rings. The van der Waals surface area contributed by atoms with Gasteiger partial charge in [-0.25, -0.2) is 13.1 Å². The van der Waals surface area contributed by atoms with Crippen molar-refractivity contribution in [2.45, 2.75) is 31.1 Å². The number of rotatable bonds is 10. The number of methoxy groups -OCH3 is 1. The summed E-state index contributed by atoms with van der Waals surface area (Å²) in [5, 5.41) is 0. The number of nitrogens with one attached hydrogen (secondary N) is 1. The van der Waals surface area contributed by atoms with Gasteiger partial charge < -0.3 is 9.47 Å². The lowest BCUT2D eigenvalue weighted by molar-refractivity contribution is 0.309. The topological polar surface area (TPSA) is 64.6 Å². The lowest BCUT2D eigenvalue weighted by Crippen LogP contribution is -2.26. The van der Waals surface area contributed by atoms with Crippen LogP contribution in [0, 0.1) is 0 Å². The number of benzene rings is 2. The quantitative estimate of drug-likeness (QED) is 0.657. The van der Waals surface area contributed by atoms with Crippen LogP contribution in [0.5, 0.6) is 11.5 Å². The van der Waals surface area contributed by atoms with Crippen molar-refractivity contribution in [3.05, 3.63) is 54.1 Å². The highest BCUT2D eigenvalue weighted by Crippen LogP contribution is 2.17. The fraction of sp³-hybridized carbons (Fsp3) is 0.368. The highest BCUT2D eigenvalue weighted by molar-refractivity contribution is 7.89. The van der Waals surface area contributed by atoms with Crippen LogP contribution in [0.3, 0.4) is 0 Å². The van der Waals surface area contributed by atoms with Gasteiger partial charge in [0.05, 0.1) is 18.6 Å². The maximum Gasteiger partial charge on any atom is 0.240 e. The molecule has 0 atom stereocenters. The Hall–Kier alpha value is -2.05. The summed E-state index contributed by atoms with van der Waals surface area (Å²) in [5.41, 5.74) is 1.02. The molecule has 0 saturated heterocycles. The first-order chi connectivity index (χ1) is 12.0. The Labute approximate surface area is 150 Å². The van der Waals surface area contributed by atoms with Crippen LogP contribution >= 0.6 is 0 Å². The van der Waals surface area contributed by atoms with E-state index in [0.29, 0.717) is 25.3 Å². The normalized spacial score (nSPS) is 11.3. The molecule has 0 aliphatic carbocycles. The summed E-state index contributed by atoms with van der Waals surface area (Å²) in [6.07, 6.45) is 2.63. The minimum atomic E-state index is -3.52. The molecule has 0 unspecified atom stereocenters. The van der Waals surface area contributed by atoms with Gasteiger partial charge in [0.25, 0.3) is 0 Å². The van der Waals surface area contributed by atoms with Crippen LogP contribution in [-0.4, -0.2) is 28.7 Å². The fourth-order valence-corrected chi connectivity index (χ4v) is 3.32. The minimum absolute atomic E-state index is 0.237. The summed E-state index contributed by atoms with van der Waals surface area (Å²) in [4.78, 5) is 0.237. The standard InChI is InChI=1S/C19H25NO4S/c1-3-4-14-24-17-8-10-19(11-9-17)25(21,22)20-13-12-16-6-5-7-18(15-16)23-2/h5-11,15,20H,3-4,12-14H2,1-2H3. The van der Waals surface area contributed by atoms with Crippen molar-refractivity contribution in [2.75, 3.05) is 20.3 Å². The molecular weight excluding hydrogens is 338 g/mol. The van der Waals surface area contributed by atoms with Crippen LogP contribution in [-0.2, 0) is 16.4 Å². The fourth-order valence-electron chi connectivity index (χ4n) is 2.29. The van der Waals surface area contributed by atoms with Crippen molar-refractivity contribution in [1.29, 1.82) is 0 Å². The van der Waals surface area contributed by atoms with E-state index in [1.807, 2.05) is 24.3 Å². The van der Waals surface area contributed by atoms with Gasteiger partial charge in [0.1, 0.15) is 11.5 Å². The van der Waals surface area contributed by atoms with Crippen LogP contribution in [0.25, 0.3) is 0 Å². The molecule has 0 aromatic heterocycles. The Morgan fingerprint density at radius 3 is 2.48 bits per heavy atom. The van der Waals surface area contributed by atoms with Gasteiger partial charge in [-0.15, -0.1) is 0 Å². The molecule has 5 nitrogen and oxygen atoms in total. The van der Waals surface area contributed by atoms with Gasteiger partial charge in [0.15, 0.2) is 0 Å². The van der Waals surface area contributed by atoms with Crippen LogP contribution in [0.2, 0.25) is 0 Å². The van der Waals surface area contributed by atoms with Gasteiger partial charge in [-0.1, -0.05) is 25.5 Å². The maximum absolute atomic E-state index is 12.3. The summed E-state index contributed by atoms with van der Waals surface area (Å²) in [6, 6.07) is 14.1. The molecular formula is C19H25NO4S. The highest BCUT2D eigenvalue weighted by Gasteiger charge is 2.13. The summed E-state index contributed by atoms with van der Waals surface area (Å²) < 4.78 is 38.0. The van der Waals surface area contributed by atoms with Gasteiger partial charge in [-0.05, 0) is 54.8 Å². The minimum Gasteiger partial charge on any atom is -0.497 e. The Bertz CT molecular complexity index is 757. The van der Waals surface area contributed by atoms with E-state index in [9.17, 15) is 8.42 Å². The molecule has 0 saturated carbocycles. The lowest BCUT2D eigenvalue weighted by atomic mass is 10.1. The molecule has 0 amide bonds. The predicted molar refractivity (Wildman–Crippen MR) is 98.7 cm³/mol. The van der Waals surface area contributed by atoms with Crippen LogP contribution < -0.4 is 14.2 Å². The number of unbranched alkanes of at least 4 members (excludes halogenated alkanes) is 1. The van der Waals surface area contributed by atoms with E-state index < -0.39 is 10.0 Å². The van der Waals surface area contributed by atoms with Crippen LogP contribution in [0.4, 0.5) is 0 Å². The van der Waals surface area contributed by atoms with Crippen molar-refractivity contribution in [3.8, 4) is 11.5 Å². The van der Waals surface area contributed by atoms with Gasteiger partial charge in [0, 0.05) is 6.54 Å². The molecule has 0 heterocycles. The third-order valence-corrected chi connectivity index (χ3v) is 5.22. The van der Waals surface area contributed by atoms with Crippen molar-refractivity contribution >= 4 is 10.0 Å². The summed E-state index contributed by atoms with van der Waals surface area (Å²) >= 11 is 0. The molecule has 0 spiro atoms. The summed E-state index contributed by atoms with van der Waals surface area (Å²) in [6.45, 7) is 3.06. The molecule has 1 N–H and O–H groups in total. The first-order valence-electron chi connectivity index (χ1n) is 8.40. The molecule has 2 rings (SSSR count). The van der Waals surface area contributed by atoms with E-state index in [1.165, 1.54) is 0 Å². The van der Waals surface area contributed by atoms with E-state index >= 15 is 0 Å². The second-order valence-electron chi connectivity index (χ2n) is 5.67. The van der Waals surface area contributed by atoms with Crippen molar-refractivity contribution in [1.82, 2.24) is 4.72 Å². The maximum atomic E-state index is 12.3.